The molecule has 0 saturated heterocycles. The topological polar surface area (TPSA) is 67.2 Å². The Bertz CT molecular complexity index is 1240. The van der Waals surface area contributed by atoms with Crippen LogP contribution in [0, 0.1) is 6.92 Å². The van der Waals surface area contributed by atoms with Gasteiger partial charge in [0.2, 0.25) is 5.91 Å². The van der Waals surface area contributed by atoms with Crippen molar-refractivity contribution in [3.63, 3.8) is 0 Å². The quantitative estimate of drug-likeness (QED) is 0.517. The Balaban J connectivity index is 1.49. The van der Waals surface area contributed by atoms with Gasteiger partial charge in [0.15, 0.2) is 0 Å². The average Bonchev–Trinajstić information content (AvgIpc) is 3.32. The number of nitrogens with zero attached hydrogens (tertiary/aromatic N) is 3. The van der Waals surface area contributed by atoms with E-state index in [1.165, 1.54) is 17.5 Å². The van der Waals surface area contributed by atoms with E-state index in [-0.39, 0.29) is 17.9 Å². The van der Waals surface area contributed by atoms with Gasteiger partial charge in [0.1, 0.15) is 11.2 Å². The molecule has 1 N–H and O–H groups in total. The lowest BCUT2D eigenvalue weighted by atomic mass is 9.91. The molecular formula is C30H36N4O2. The van der Waals surface area contributed by atoms with Gasteiger partial charge in [-0.2, -0.15) is 5.10 Å². The fourth-order valence-electron chi connectivity index (χ4n) is 5.41. The molecule has 2 aromatic carbocycles. The highest BCUT2D eigenvalue weighted by Gasteiger charge is 2.48. The number of nitrogens with one attached hydrogen (secondary N) is 1. The first-order valence-corrected chi connectivity index (χ1v) is 13.2. The molecule has 1 fully saturated rings. The summed E-state index contributed by atoms with van der Waals surface area (Å²) in [6.45, 7) is 6.76. The maximum atomic E-state index is 13.9. The highest BCUT2D eigenvalue weighted by Crippen LogP contribution is 2.32. The summed E-state index contributed by atoms with van der Waals surface area (Å²) in [6, 6.07) is 18.5. The van der Waals surface area contributed by atoms with Crippen molar-refractivity contribution in [2.45, 2.75) is 84.0 Å². The van der Waals surface area contributed by atoms with Crippen LogP contribution in [0.5, 0.6) is 0 Å². The van der Waals surface area contributed by atoms with Crippen molar-refractivity contribution in [3.8, 4) is 11.3 Å². The van der Waals surface area contributed by atoms with E-state index in [2.05, 4.69) is 36.5 Å². The van der Waals surface area contributed by atoms with E-state index < -0.39 is 5.54 Å². The van der Waals surface area contributed by atoms with Gasteiger partial charge in [-0.3, -0.25) is 14.3 Å². The van der Waals surface area contributed by atoms with Crippen LogP contribution in [0.3, 0.4) is 0 Å². The van der Waals surface area contributed by atoms with Crippen molar-refractivity contribution in [1.29, 1.82) is 0 Å². The van der Waals surface area contributed by atoms with Crippen LogP contribution in [-0.4, -0.2) is 38.1 Å². The summed E-state index contributed by atoms with van der Waals surface area (Å²) in [5.41, 5.74) is 4.65. The van der Waals surface area contributed by atoms with Gasteiger partial charge < -0.3 is 10.2 Å². The second kappa shape index (κ2) is 9.92. The normalized spacial score (nSPS) is 20.3. The summed E-state index contributed by atoms with van der Waals surface area (Å²) in [7, 11) is 0. The number of hydrogen-bond donors (Lipinski definition) is 1. The monoisotopic (exact) mass is 484 g/mol. The number of fused-ring (bicyclic) bond motifs is 1. The minimum absolute atomic E-state index is 0.0927. The Labute approximate surface area is 213 Å². The molecule has 1 aliphatic carbocycles. The van der Waals surface area contributed by atoms with Crippen molar-refractivity contribution in [2.75, 3.05) is 0 Å². The molecule has 0 radical (unpaired) electrons. The van der Waals surface area contributed by atoms with Gasteiger partial charge in [0.25, 0.3) is 5.91 Å². The molecule has 36 heavy (non-hydrogen) atoms. The van der Waals surface area contributed by atoms with E-state index in [4.69, 9.17) is 5.10 Å². The molecule has 1 saturated carbocycles. The molecule has 6 nitrogen and oxygen atoms in total. The van der Waals surface area contributed by atoms with Crippen LogP contribution in [0.4, 0.5) is 0 Å². The second-order valence-electron chi connectivity index (χ2n) is 10.6. The maximum Gasteiger partial charge on any atom is 0.273 e. The summed E-state index contributed by atoms with van der Waals surface area (Å²) < 4.78 is 1.73. The molecular weight excluding hydrogens is 448 g/mol. The van der Waals surface area contributed by atoms with Crippen LogP contribution in [0.2, 0.25) is 0 Å². The first-order valence-electron chi connectivity index (χ1n) is 13.2. The van der Waals surface area contributed by atoms with Gasteiger partial charge in [0.05, 0.1) is 12.2 Å². The predicted molar refractivity (Wildman–Crippen MR) is 142 cm³/mol. The number of aryl methyl sites for hydroxylation is 2. The predicted octanol–water partition coefficient (Wildman–Crippen LogP) is 5.28. The largest absolute Gasteiger partial charge is 0.351 e. The third-order valence-electron chi connectivity index (χ3n) is 7.85. The van der Waals surface area contributed by atoms with Crippen molar-refractivity contribution in [3.05, 3.63) is 77.0 Å². The number of carbonyl (C=O) groups is 2. The Kier molecular flexibility index (Phi) is 6.69. The van der Waals surface area contributed by atoms with Gasteiger partial charge in [0, 0.05) is 18.2 Å². The summed E-state index contributed by atoms with van der Waals surface area (Å²) >= 11 is 0. The minimum Gasteiger partial charge on any atom is -0.351 e. The molecule has 2 heterocycles. The Morgan fingerprint density at radius 3 is 2.36 bits per heavy atom. The lowest BCUT2D eigenvalue weighted by Crippen LogP contribution is -2.64. The van der Waals surface area contributed by atoms with E-state index in [9.17, 15) is 9.59 Å². The average molecular weight is 485 g/mol. The zero-order valence-electron chi connectivity index (χ0n) is 21.6. The van der Waals surface area contributed by atoms with Gasteiger partial charge >= 0.3 is 0 Å². The Hall–Kier alpha value is -3.41. The molecule has 0 spiro atoms. The zero-order chi connectivity index (χ0) is 25.3. The molecule has 2 amide bonds. The maximum absolute atomic E-state index is 13.9. The van der Waals surface area contributed by atoms with E-state index in [1.807, 2.05) is 44.2 Å². The number of carbonyl (C=O) groups excluding carboxylic acids is 2. The van der Waals surface area contributed by atoms with Crippen LogP contribution in [0.15, 0.2) is 54.6 Å². The Morgan fingerprint density at radius 2 is 1.69 bits per heavy atom. The summed E-state index contributed by atoms with van der Waals surface area (Å²) in [6.07, 6.45) is 6.47. The third kappa shape index (κ3) is 4.69. The number of aromatic nitrogens is 2. The summed E-state index contributed by atoms with van der Waals surface area (Å²) in [4.78, 5) is 29.5. The van der Waals surface area contributed by atoms with Gasteiger partial charge in [-0.05, 0) is 50.3 Å². The second-order valence-corrected chi connectivity index (χ2v) is 10.6. The van der Waals surface area contributed by atoms with E-state index in [0.717, 1.165) is 48.9 Å². The standard InChI is InChI=1S/C30H36N4O2/c1-4-22-14-16-24(17-15-22)26-18-27-28(35)33(19-23-12-10-21(2)11-13-23)30(3,20-34(27)32-26)29(36)31-25-8-6-5-7-9-25/h10-18,25H,4-9,19-20H2,1-3H3,(H,31,36). The molecule has 1 atom stereocenters. The van der Waals surface area contributed by atoms with Crippen LogP contribution in [0.25, 0.3) is 11.3 Å². The van der Waals surface area contributed by atoms with Crippen molar-refractivity contribution >= 4 is 11.8 Å². The molecule has 5 rings (SSSR count). The van der Waals surface area contributed by atoms with Crippen molar-refractivity contribution in [2.24, 2.45) is 0 Å². The Morgan fingerprint density at radius 1 is 1.03 bits per heavy atom. The highest BCUT2D eigenvalue weighted by atomic mass is 16.2. The first kappa shape index (κ1) is 24.3. The van der Waals surface area contributed by atoms with Crippen molar-refractivity contribution in [1.82, 2.24) is 20.0 Å². The van der Waals surface area contributed by atoms with E-state index in [0.29, 0.717) is 18.8 Å². The number of amides is 2. The van der Waals surface area contributed by atoms with Crippen LogP contribution >= 0.6 is 0 Å². The van der Waals surface area contributed by atoms with Crippen LogP contribution in [0.1, 0.15) is 73.1 Å². The molecule has 0 bridgehead atoms. The fourth-order valence-corrected chi connectivity index (χ4v) is 5.41. The van der Waals surface area contributed by atoms with Crippen LogP contribution in [-0.2, 0) is 24.3 Å². The fraction of sp³-hybridized carbons (Fsp3) is 0.433. The van der Waals surface area contributed by atoms with Gasteiger partial charge in [-0.15, -0.1) is 0 Å². The number of hydrogen-bond acceptors (Lipinski definition) is 3. The molecule has 1 unspecified atom stereocenters. The lowest BCUT2D eigenvalue weighted by molar-refractivity contribution is -0.134. The van der Waals surface area contributed by atoms with Crippen LogP contribution < -0.4 is 5.32 Å². The highest BCUT2D eigenvalue weighted by molar-refractivity contribution is 6.00. The molecule has 1 aromatic heterocycles. The smallest absolute Gasteiger partial charge is 0.273 e. The SMILES string of the molecule is CCc1ccc(-c2cc3n(n2)CC(C)(C(=O)NC2CCCCC2)N(Cc2ccc(C)cc2)C3=O)cc1. The lowest BCUT2D eigenvalue weighted by Gasteiger charge is -2.44. The number of rotatable bonds is 6. The minimum atomic E-state index is -1.04. The summed E-state index contributed by atoms with van der Waals surface area (Å²) in [5.74, 6) is -0.253. The van der Waals surface area contributed by atoms with Gasteiger partial charge in [-0.1, -0.05) is 80.3 Å². The van der Waals surface area contributed by atoms with E-state index >= 15 is 0 Å². The number of benzene rings is 2. The molecule has 3 aromatic rings. The van der Waals surface area contributed by atoms with Crippen molar-refractivity contribution < 1.29 is 9.59 Å². The molecule has 1 aliphatic heterocycles. The first-order chi connectivity index (χ1) is 17.4. The van der Waals surface area contributed by atoms with E-state index in [1.54, 1.807) is 9.58 Å². The zero-order valence-corrected chi connectivity index (χ0v) is 21.6. The molecule has 6 heteroatoms. The van der Waals surface area contributed by atoms with Gasteiger partial charge in [-0.25, -0.2) is 0 Å². The molecule has 2 aliphatic rings. The third-order valence-corrected chi connectivity index (χ3v) is 7.85. The summed E-state index contributed by atoms with van der Waals surface area (Å²) in [5, 5.41) is 8.08. The molecule has 188 valence electrons.